The number of thioether (sulfide) groups is 2. The summed E-state index contributed by atoms with van der Waals surface area (Å²) in [4.78, 5) is 12.5. The molecule has 0 saturated heterocycles. The Hall–Kier alpha value is -1.19. The van der Waals surface area contributed by atoms with Crippen LogP contribution in [0.15, 0.2) is 40.0 Å². The molecular formula is C22H23BrCl2N4OS2. The Morgan fingerprint density at radius 2 is 1.84 bits per heavy atom. The first-order valence-electron chi connectivity index (χ1n) is 9.91. The Morgan fingerprint density at radius 1 is 1.12 bits per heavy atom. The van der Waals surface area contributed by atoms with Gasteiger partial charge in [-0.25, -0.2) is 0 Å². The van der Waals surface area contributed by atoms with Crippen molar-refractivity contribution in [2.45, 2.75) is 44.0 Å². The van der Waals surface area contributed by atoms with E-state index in [2.05, 4.69) is 31.4 Å². The molecule has 1 amide bonds. The van der Waals surface area contributed by atoms with Gasteiger partial charge in [0.05, 0.1) is 11.5 Å². The summed E-state index contributed by atoms with van der Waals surface area (Å²) < 4.78 is 3.05. The fourth-order valence-electron chi connectivity index (χ4n) is 3.15. The molecule has 5 nitrogen and oxygen atoms in total. The number of aromatic nitrogens is 3. The molecule has 2 aromatic carbocycles. The number of hydrogen-bond donors (Lipinski definition) is 1. The van der Waals surface area contributed by atoms with Gasteiger partial charge in [0.2, 0.25) is 5.91 Å². The second-order valence-electron chi connectivity index (χ2n) is 7.12. The highest BCUT2D eigenvalue weighted by molar-refractivity contribution is 9.10. The predicted molar refractivity (Wildman–Crippen MR) is 140 cm³/mol. The number of aryl methyl sites for hydroxylation is 2. The average Bonchev–Trinajstić information content (AvgIpc) is 3.12. The molecule has 0 aliphatic heterocycles. The third-order valence-electron chi connectivity index (χ3n) is 4.71. The van der Waals surface area contributed by atoms with Crippen LogP contribution in [0.1, 0.15) is 29.4 Å². The molecule has 1 aromatic heterocycles. The molecule has 1 N–H and O–H groups in total. The molecule has 3 rings (SSSR count). The first-order valence-corrected chi connectivity index (χ1v) is 13.6. The van der Waals surface area contributed by atoms with Crippen LogP contribution in [-0.4, -0.2) is 26.4 Å². The van der Waals surface area contributed by atoms with E-state index in [-0.39, 0.29) is 11.7 Å². The number of halogens is 3. The van der Waals surface area contributed by atoms with Gasteiger partial charge in [-0.15, -0.1) is 22.0 Å². The number of carbonyl (C=O) groups is 1. The molecule has 170 valence electrons. The summed E-state index contributed by atoms with van der Waals surface area (Å²) in [7, 11) is 0. The molecule has 0 aliphatic rings. The van der Waals surface area contributed by atoms with Gasteiger partial charge in [0, 0.05) is 32.5 Å². The lowest BCUT2D eigenvalue weighted by Crippen LogP contribution is -2.16. The van der Waals surface area contributed by atoms with Crippen molar-refractivity contribution < 1.29 is 4.79 Å². The minimum atomic E-state index is -0.0671. The topological polar surface area (TPSA) is 59.8 Å². The van der Waals surface area contributed by atoms with E-state index in [1.165, 1.54) is 11.8 Å². The largest absolute Gasteiger partial charge is 0.325 e. The van der Waals surface area contributed by atoms with Crippen LogP contribution in [0.4, 0.5) is 5.69 Å². The molecule has 1 heterocycles. The molecule has 0 saturated carbocycles. The van der Waals surface area contributed by atoms with E-state index in [9.17, 15) is 4.79 Å². The summed E-state index contributed by atoms with van der Waals surface area (Å²) in [6.45, 7) is 6.75. The van der Waals surface area contributed by atoms with Gasteiger partial charge >= 0.3 is 0 Å². The first kappa shape index (κ1) is 25.4. The third kappa shape index (κ3) is 6.67. The highest BCUT2D eigenvalue weighted by Gasteiger charge is 2.15. The van der Waals surface area contributed by atoms with Crippen LogP contribution < -0.4 is 5.32 Å². The van der Waals surface area contributed by atoms with Crippen molar-refractivity contribution in [2.24, 2.45) is 0 Å². The smallest absolute Gasteiger partial charge is 0.234 e. The number of hydrogen-bond acceptors (Lipinski definition) is 5. The zero-order chi connectivity index (χ0) is 23.3. The van der Waals surface area contributed by atoms with E-state index >= 15 is 0 Å². The Bertz CT molecular complexity index is 1100. The Morgan fingerprint density at radius 3 is 2.50 bits per heavy atom. The normalized spacial score (nSPS) is 11.1. The maximum Gasteiger partial charge on any atom is 0.234 e. The van der Waals surface area contributed by atoms with Crippen molar-refractivity contribution in [3.05, 3.63) is 67.4 Å². The minimum Gasteiger partial charge on any atom is -0.325 e. The van der Waals surface area contributed by atoms with Crippen LogP contribution in [0.25, 0.3) is 0 Å². The first-order chi connectivity index (χ1) is 15.3. The lowest BCUT2D eigenvalue weighted by molar-refractivity contribution is -0.113. The van der Waals surface area contributed by atoms with Gasteiger partial charge in [-0.2, -0.15) is 0 Å². The molecule has 0 unspecified atom stereocenters. The quantitative estimate of drug-likeness (QED) is 0.275. The molecule has 0 aliphatic carbocycles. The van der Waals surface area contributed by atoms with Crippen LogP contribution in [-0.2, 0) is 22.8 Å². The number of carbonyl (C=O) groups excluding carboxylic acids is 1. The molecule has 0 bridgehead atoms. The van der Waals surface area contributed by atoms with Gasteiger partial charge in [-0.3, -0.25) is 4.79 Å². The second-order valence-corrected chi connectivity index (χ2v) is 10.8. The van der Waals surface area contributed by atoms with Gasteiger partial charge in [-0.1, -0.05) is 57.0 Å². The van der Waals surface area contributed by atoms with Crippen LogP contribution >= 0.6 is 62.7 Å². The number of rotatable bonds is 9. The van der Waals surface area contributed by atoms with Crippen molar-refractivity contribution in [2.75, 3.05) is 11.1 Å². The molecule has 10 heteroatoms. The Balaban J connectivity index is 1.57. The summed E-state index contributed by atoms with van der Waals surface area (Å²) in [5.74, 6) is 2.53. The van der Waals surface area contributed by atoms with Crippen molar-refractivity contribution in [3.63, 3.8) is 0 Å². The number of nitrogens with one attached hydrogen (secondary N) is 1. The van der Waals surface area contributed by atoms with Crippen molar-refractivity contribution in [1.29, 1.82) is 0 Å². The highest BCUT2D eigenvalue weighted by atomic mass is 79.9. The SMILES string of the molecule is CCn1c(CSCc2ccc(Cl)cc2Cl)nnc1SCC(=O)Nc1c(C)cc(Br)cc1C. The number of anilines is 1. The standard InChI is InChI=1S/C22H23BrCl2N4OS2/c1-4-29-19(11-31-10-15-5-6-17(24)9-18(15)25)27-28-22(29)32-12-20(30)26-21-13(2)7-16(23)8-14(21)3/h5-9H,4,10-12H2,1-3H3,(H,26,30). The number of amides is 1. The zero-order valence-corrected chi connectivity index (χ0v) is 22.6. The molecule has 32 heavy (non-hydrogen) atoms. The van der Waals surface area contributed by atoms with Crippen molar-refractivity contribution in [1.82, 2.24) is 14.8 Å². The molecule has 0 atom stereocenters. The Labute approximate surface area is 215 Å². The van der Waals surface area contributed by atoms with Crippen LogP contribution in [0.5, 0.6) is 0 Å². The average molecular weight is 574 g/mol. The maximum absolute atomic E-state index is 12.5. The van der Waals surface area contributed by atoms with Gasteiger partial charge in [0.25, 0.3) is 0 Å². The van der Waals surface area contributed by atoms with E-state index in [1.54, 1.807) is 17.8 Å². The molecule has 3 aromatic rings. The fourth-order valence-corrected chi connectivity index (χ4v) is 6.19. The van der Waals surface area contributed by atoms with Gasteiger partial charge in [0.15, 0.2) is 5.16 Å². The summed E-state index contributed by atoms with van der Waals surface area (Å²) in [6, 6.07) is 9.52. The van der Waals surface area contributed by atoms with E-state index in [4.69, 9.17) is 23.2 Å². The number of benzene rings is 2. The molecule has 0 fully saturated rings. The Kier molecular flexibility index (Phi) is 9.37. The van der Waals surface area contributed by atoms with Gasteiger partial charge in [-0.05, 0) is 61.7 Å². The lowest BCUT2D eigenvalue weighted by atomic mass is 10.1. The van der Waals surface area contributed by atoms with Crippen molar-refractivity contribution in [3.8, 4) is 0 Å². The minimum absolute atomic E-state index is 0.0671. The molecule has 0 radical (unpaired) electrons. The highest BCUT2D eigenvalue weighted by Crippen LogP contribution is 2.28. The maximum atomic E-state index is 12.5. The lowest BCUT2D eigenvalue weighted by Gasteiger charge is -2.12. The van der Waals surface area contributed by atoms with E-state index in [1.807, 2.05) is 49.6 Å². The summed E-state index contributed by atoms with van der Waals surface area (Å²) in [6.07, 6.45) is 0. The van der Waals surface area contributed by atoms with E-state index in [0.29, 0.717) is 15.8 Å². The summed E-state index contributed by atoms with van der Waals surface area (Å²) >= 11 is 18.8. The summed E-state index contributed by atoms with van der Waals surface area (Å²) in [5, 5.41) is 13.7. The third-order valence-corrected chi connectivity index (χ3v) is 7.70. The van der Waals surface area contributed by atoms with Crippen LogP contribution in [0.3, 0.4) is 0 Å². The predicted octanol–water partition coefficient (Wildman–Crippen LogP) is 7.15. The molecule has 0 spiro atoms. The van der Waals surface area contributed by atoms with E-state index in [0.717, 1.165) is 50.1 Å². The second kappa shape index (κ2) is 11.8. The monoisotopic (exact) mass is 572 g/mol. The van der Waals surface area contributed by atoms with Crippen LogP contribution in [0.2, 0.25) is 10.0 Å². The summed E-state index contributed by atoms with van der Waals surface area (Å²) in [5.41, 5.74) is 3.93. The van der Waals surface area contributed by atoms with Gasteiger partial charge in [0.1, 0.15) is 5.82 Å². The van der Waals surface area contributed by atoms with Gasteiger partial charge < -0.3 is 9.88 Å². The van der Waals surface area contributed by atoms with E-state index < -0.39 is 0 Å². The van der Waals surface area contributed by atoms with Crippen molar-refractivity contribution >= 4 is 74.3 Å². The van der Waals surface area contributed by atoms with Crippen LogP contribution in [0, 0.1) is 13.8 Å². The zero-order valence-electron chi connectivity index (χ0n) is 17.9. The number of nitrogens with zero attached hydrogens (tertiary/aromatic N) is 3. The molecular weight excluding hydrogens is 551 g/mol. The fraction of sp³-hybridized carbons (Fsp3) is 0.318.